The molecule has 4 aliphatic carbocycles. The minimum Gasteiger partial charge on any atom is -0.393 e. The fraction of sp³-hybridized carbons (Fsp3) is 0.789. The molecule has 4 aliphatic rings. The first-order chi connectivity index (χ1) is 10.4. The van der Waals surface area contributed by atoms with Gasteiger partial charge < -0.3 is 15.3 Å². The fourth-order valence-electron chi connectivity index (χ4n) is 6.01. The highest BCUT2D eigenvalue weighted by atomic mass is 16.3. The molecule has 0 heterocycles. The van der Waals surface area contributed by atoms with Crippen LogP contribution in [0.3, 0.4) is 0 Å². The van der Waals surface area contributed by atoms with Crippen molar-refractivity contribution in [3.8, 4) is 0 Å². The highest BCUT2D eigenvalue weighted by Crippen LogP contribution is 2.63. The number of hydrogen-bond donors (Lipinski definition) is 3. The summed E-state index contributed by atoms with van der Waals surface area (Å²) in [6, 6.07) is 0. The van der Waals surface area contributed by atoms with Crippen LogP contribution in [0.15, 0.2) is 23.3 Å². The zero-order chi connectivity index (χ0) is 15.7. The molecule has 7 atom stereocenters. The molecule has 0 amide bonds. The van der Waals surface area contributed by atoms with E-state index in [0.717, 1.165) is 25.7 Å². The molecule has 3 N–H and O–H groups in total. The van der Waals surface area contributed by atoms with Gasteiger partial charge in [-0.1, -0.05) is 37.1 Å². The Kier molecular flexibility index (Phi) is 3.18. The van der Waals surface area contributed by atoms with Crippen LogP contribution in [0.4, 0.5) is 0 Å². The van der Waals surface area contributed by atoms with E-state index >= 15 is 0 Å². The third-order valence-electron chi connectivity index (χ3n) is 7.55. The van der Waals surface area contributed by atoms with Crippen LogP contribution in [0, 0.1) is 22.7 Å². The Morgan fingerprint density at radius 1 is 0.955 bits per heavy atom. The molecule has 0 spiro atoms. The topological polar surface area (TPSA) is 60.7 Å². The van der Waals surface area contributed by atoms with Gasteiger partial charge in [-0.15, -0.1) is 0 Å². The van der Waals surface area contributed by atoms with E-state index in [0.29, 0.717) is 24.7 Å². The predicted octanol–water partition coefficient (Wildman–Crippen LogP) is 2.56. The SMILES string of the molecule is C[C@]12CC[C@H]3C(=CC=C4C[C@@H](O)[C@H](O)C[C@@]43C)[C@@H]1CC[C@@H]2O. The summed E-state index contributed by atoms with van der Waals surface area (Å²) in [7, 11) is 0. The molecule has 0 radical (unpaired) electrons. The number of hydrogen-bond acceptors (Lipinski definition) is 3. The third kappa shape index (κ3) is 1.79. The van der Waals surface area contributed by atoms with Crippen LogP contribution in [0.5, 0.6) is 0 Å². The maximum atomic E-state index is 10.4. The van der Waals surface area contributed by atoms with Gasteiger partial charge in [0, 0.05) is 5.41 Å². The summed E-state index contributed by atoms with van der Waals surface area (Å²) in [5, 5.41) is 30.7. The molecule has 0 aliphatic heterocycles. The second kappa shape index (κ2) is 4.68. The minimum absolute atomic E-state index is 0.0163. The monoisotopic (exact) mass is 304 g/mol. The van der Waals surface area contributed by atoms with E-state index in [1.807, 2.05) is 0 Å². The summed E-state index contributed by atoms with van der Waals surface area (Å²) >= 11 is 0. The van der Waals surface area contributed by atoms with E-state index in [1.54, 1.807) is 0 Å². The molecule has 22 heavy (non-hydrogen) atoms. The van der Waals surface area contributed by atoms with Crippen LogP contribution < -0.4 is 0 Å². The second-order valence-electron chi connectivity index (χ2n) is 8.56. The van der Waals surface area contributed by atoms with Crippen molar-refractivity contribution in [2.45, 2.75) is 70.7 Å². The van der Waals surface area contributed by atoms with E-state index in [1.165, 1.54) is 11.1 Å². The summed E-state index contributed by atoms with van der Waals surface area (Å²) < 4.78 is 0. The van der Waals surface area contributed by atoms with Crippen molar-refractivity contribution in [1.82, 2.24) is 0 Å². The van der Waals surface area contributed by atoms with Gasteiger partial charge in [0.1, 0.15) is 0 Å². The van der Waals surface area contributed by atoms with E-state index in [9.17, 15) is 15.3 Å². The molecule has 0 bridgehead atoms. The standard InChI is InChI=1S/C19H28O3/c1-18-8-7-14-12(13(18)5-6-17(18)22)4-3-11-9-15(20)16(21)10-19(11,14)2/h3-4,13-17,20-22H,5-10H2,1-2H3/t13-,14-,15+,16+,17-,18-,19-/m0/s1. The first-order valence-corrected chi connectivity index (χ1v) is 8.81. The van der Waals surface area contributed by atoms with Crippen molar-refractivity contribution in [3.05, 3.63) is 23.3 Å². The Balaban J connectivity index is 1.74. The molecule has 0 aromatic carbocycles. The van der Waals surface area contributed by atoms with Crippen LogP contribution >= 0.6 is 0 Å². The molecule has 122 valence electrons. The van der Waals surface area contributed by atoms with Crippen LogP contribution in [-0.2, 0) is 0 Å². The molecule has 3 fully saturated rings. The van der Waals surface area contributed by atoms with E-state index < -0.39 is 12.2 Å². The lowest BCUT2D eigenvalue weighted by atomic mass is 9.51. The molecule has 0 saturated heterocycles. The van der Waals surface area contributed by atoms with E-state index in [4.69, 9.17) is 0 Å². The first kappa shape index (κ1) is 14.9. The molecule has 0 aromatic heterocycles. The molecule has 0 unspecified atom stereocenters. The normalized spacial score (nSPS) is 54.0. The molecular formula is C19H28O3. The fourth-order valence-corrected chi connectivity index (χ4v) is 6.01. The average molecular weight is 304 g/mol. The maximum absolute atomic E-state index is 10.4. The van der Waals surface area contributed by atoms with Crippen molar-refractivity contribution >= 4 is 0 Å². The van der Waals surface area contributed by atoms with Crippen molar-refractivity contribution < 1.29 is 15.3 Å². The van der Waals surface area contributed by atoms with Crippen molar-refractivity contribution in [2.75, 3.05) is 0 Å². The summed E-state index contributed by atoms with van der Waals surface area (Å²) in [5.41, 5.74) is 2.83. The zero-order valence-electron chi connectivity index (χ0n) is 13.6. The minimum atomic E-state index is -0.614. The van der Waals surface area contributed by atoms with E-state index in [-0.39, 0.29) is 16.9 Å². The highest BCUT2D eigenvalue weighted by Gasteiger charge is 2.56. The second-order valence-corrected chi connectivity index (χ2v) is 8.56. The lowest BCUT2D eigenvalue weighted by Crippen LogP contribution is -2.50. The largest absolute Gasteiger partial charge is 0.393 e. The number of allylic oxidation sites excluding steroid dienone is 3. The van der Waals surface area contributed by atoms with Crippen molar-refractivity contribution in [1.29, 1.82) is 0 Å². The van der Waals surface area contributed by atoms with Gasteiger partial charge in [-0.05, 0) is 55.8 Å². The number of fused-ring (bicyclic) bond motifs is 5. The van der Waals surface area contributed by atoms with E-state index in [2.05, 4.69) is 26.0 Å². The van der Waals surface area contributed by atoms with Crippen LogP contribution in [0.25, 0.3) is 0 Å². The Hall–Kier alpha value is -0.640. The Bertz CT molecular complexity index is 551. The molecule has 3 nitrogen and oxygen atoms in total. The number of aliphatic hydroxyl groups excluding tert-OH is 3. The van der Waals surface area contributed by atoms with Gasteiger partial charge in [0.15, 0.2) is 0 Å². The zero-order valence-corrected chi connectivity index (χ0v) is 13.6. The third-order valence-corrected chi connectivity index (χ3v) is 7.55. The van der Waals surface area contributed by atoms with Gasteiger partial charge in [0.05, 0.1) is 18.3 Å². The smallest absolute Gasteiger partial charge is 0.0836 e. The van der Waals surface area contributed by atoms with Crippen LogP contribution in [-0.4, -0.2) is 33.6 Å². The quantitative estimate of drug-likeness (QED) is 0.644. The maximum Gasteiger partial charge on any atom is 0.0836 e. The predicted molar refractivity (Wildman–Crippen MR) is 85.1 cm³/mol. The van der Waals surface area contributed by atoms with Gasteiger partial charge in [-0.25, -0.2) is 0 Å². The van der Waals surface area contributed by atoms with Crippen molar-refractivity contribution in [3.63, 3.8) is 0 Å². The summed E-state index contributed by atoms with van der Waals surface area (Å²) in [5.74, 6) is 0.956. The average Bonchev–Trinajstić information content (AvgIpc) is 2.77. The Labute approximate surface area is 132 Å². The van der Waals surface area contributed by atoms with Crippen LogP contribution in [0.1, 0.15) is 52.4 Å². The van der Waals surface area contributed by atoms with Crippen molar-refractivity contribution in [2.24, 2.45) is 22.7 Å². The van der Waals surface area contributed by atoms with Gasteiger partial charge in [-0.2, -0.15) is 0 Å². The highest BCUT2D eigenvalue weighted by molar-refractivity contribution is 5.39. The van der Waals surface area contributed by atoms with Crippen LogP contribution in [0.2, 0.25) is 0 Å². The summed E-state index contributed by atoms with van der Waals surface area (Å²) in [6.45, 7) is 4.53. The molecule has 3 heteroatoms. The van der Waals surface area contributed by atoms with Gasteiger partial charge in [0.25, 0.3) is 0 Å². The lowest BCUT2D eigenvalue weighted by Gasteiger charge is -2.54. The Morgan fingerprint density at radius 2 is 1.73 bits per heavy atom. The molecule has 3 saturated carbocycles. The summed E-state index contributed by atoms with van der Waals surface area (Å²) in [4.78, 5) is 0. The number of aliphatic hydroxyl groups is 3. The molecule has 0 aromatic rings. The number of rotatable bonds is 0. The van der Waals surface area contributed by atoms with Gasteiger partial charge in [0.2, 0.25) is 0 Å². The summed E-state index contributed by atoms with van der Waals surface area (Å²) in [6.07, 6.45) is 8.52. The lowest BCUT2D eigenvalue weighted by molar-refractivity contribution is -0.0491. The molecule has 4 rings (SSSR count). The molecular weight excluding hydrogens is 276 g/mol. The Morgan fingerprint density at radius 3 is 2.50 bits per heavy atom. The van der Waals surface area contributed by atoms with Gasteiger partial charge >= 0.3 is 0 Å². The van der Waals surface area contributed by atoms with Gasteiger partial charge in [-0.3, -0.25) is 0 Å². The first-order valence-electron chi connectivity index (χ1n) is 8.81.